The van der Waals surface area contributed by atoms with Crippen LogP contribution in [0, 0.1) is 0 Å². The van der Waals surface area contributed by atoms with Crippen molar-refractivity contribution < 1.29 is 4.74 Å². The molecule has 0 saturated heterocycles. The minimum Gasteiger partial charge on any atom is -0.456 e. The Morgan fingerprint density at radius 1 is 1.26 bits per heavy atom. The fraction of sp³-hybridized carbons (Fsp3) is 0.267. The fourth-order valence-electron chi connectivity index (χ4n) is 1.82. The average Bonchev–Trinajstić information content (AvgIpc) is 3.23. The van der Waals surface area contributed by atoms with Crippen molar-refractivity contribution in [1.29, 1.82) is 0 Å². The molecule has 0 atom stereocenters. The molecule has 19 heavy (non-hydrogen) atoms. The molecule has 1 fully saturated rings. The van der Waals surface area contributed by atoms with Gasteiger partial charge in [0.2, 0.25) is 0 Å². The largest absolute Gasteiger partial charge is 0.456 e. The number of hydrogen-bond acceptors (Lipinski definition) is 3. The summed E-state index contributed by atoms with van der Waals surface area (Å²) in [5.41, 5.74) is 1.26. The van der Waals surface area contributed by atoms with Crippen LogP contribution in [0.5, 0.6) is 11.5 Å². The van der Waals surface area contributed by atoms with Gasteiger partial charge in [0.25, 0.3) is 0 Å². The Hall–Kier alpha value is -1.39. The van der Waals surface area contributed by atoms with Crippen molar-refractivity contribution >= 4 is 15.9 Å². The Labute approximate surface area is 121 Å². The lowest BCUT2D eigenvalue weighted by molar-refractivity contribution is 0.479. The van der Waals surface area contributed by atoms with Gasteiger partial charge in [0.15, 0.2) is 0 Å². The van der Waals surface area contributed by atoms with Gasteiger partial charge in [0.05, 0.1) is 6.20 Å². The van der Waals surface area contributed by atoms with Crippen molar-refractivity contribution in [3.8, 4) is 11.5 Å². The molecule has 1 heterocycles. The van der Waals surface area contributed by atoms with E-state index in [1.54, 1.807) is 12.4 Å². The van der Waals surface area contributed by atoms with E-state index in [0.717, 1.165) is 28.6 Å². The number of rotatable bonds is 5. The molecule has 0 bridgehead atoms. The summed E-state index contributed by atoms with van der Waals surface area (Å²) in [4.78, 5) is 4.03. The third kappa shape index (κ3) is 3.55. The number of nitrogens with one attached hydrogen (secondary N) is 1. The summed E-state index contributed by atoms with van der Waals surface area (Å²) < 4.78 is 6.81. The molecule has 1 N–H and O–H groups in total. The van der Waals surface area contributed by atoms with Gasteiger partial charge in [-0.25, -0.2) is 0 Å². The van der Waals surface area contributed by atoms with E-state index in [1.165, 1.54) is 18.4 Å². The topological polar surface area (TPSA) is 34.1 Å². The number of benzene rings is 1. The molecule has 1 saturated carbocycles. The third-order valence-corrected chi connectivity index (χ3v) is 3.79. The van der Waals surface area contributed by atoms with E-state index in [-0.39, 0.29) is 0 Å². The molecule has 1 aliphatic rings. The first-order chi connectivity index (χ1) is 9.31. The second kappa shape index (κ2) is 5.72. The molecule has 3 nitrogen and oxygen atoms in total. The zero-order valence-electron chi connectivity index (χ0n) is 10.5. The van der Waals surface area contributed by atoms with E-state index in [0.29, 0.717) is 0 Å². The smallest absolute Gasteiger partial charge is 0.145 e. The highest BCUT2D eigenvalue weighted by Crippen LogP contribution is 2.27. The van der Waals surface area contributed by atoms with Gasteiger partial charge in [0.1, 0.15) is 11.5 Å². The molecule has 1 aliphatic carbocycles. The Balaban J connectivity index is 1.67. The molecule has 3 rings (SSSR count). The molecule has 2 aromatic rings. The number of halogens is 1. The first-order valence-electron chi connectivity index (χ1n) is 6.41. The Bertz CT molecular complexity index is 555. The third-order valence-electron chi connectivity index (χ3n) is 3.05. The van der Waals surface area contributed by atoms with Gasteiger partial charge >= 0.3 is 0 Å². The Kier molecular flexibility index (Phi) is 3.80. The number of hydrogen-bond donors (Lipinski definition) is 1. The quantitative estimate of drug-likeness (QED) is 0.908. The van der Waals surface area contributed by atoms with E-state index in [1.807, 2.05) is 24.3 Å². The molecular formula is C15H15BrN2O. The maximum Gasteiger partial charge on any atom is 0.145 e. The summed E-state index contributed by atoms with van der Waals surface area (Å²) in [6.45, 7) is 0.901. The van der Waals surface area contributed by atoms with Crippen LogP contribution >= 0.6 is 15.9 Å². The lowest BCUT2D eigenvalue weighted by Gasteiger charge is -2.09. The van der Waals surface area contributed by atoms with Crippen LogP contribution in [0.15, 0.2) is 47.2 Å². The summed E-state index contributed by atoms with van der Waals surface area (Å²) in [5.74, 6) is 1.56. The monoisotopic (exact) mass is 318 g/mol. The molecule has 4 heteroatoms. The minimum atomic E-state index is 0.721. The normalized spacial score (nSPS) is 14.4. The van der Waals surface area contributed by atoms with Crippen molar-refractivity contribution in [2.45, 2.75) is 25.4 Å². The molecule has 0 unspecified atom stereocenters. The maximum atomic E-state index is 5.74. The van der Waals surface area contributed by atoms with Gasteiger partial charge in [-0.05, 0) is 42.7 Å². The molecule has 0 aliphatic heterocycles. The summed E-state index contributed by atoms with van der Waals surface area (Å²) in [6, 6.07) is 10.5. The summed E-state index contributed by atoms with van der Waals surface area (Å²) in [7, 11) is 0. The molecule has 0 amide bonds. The van der Waals surface area contributed by atoms with Gasteiger partial charge in [-0.2, -0.15) is 0 Å². The van der Waals surface area contributed by atoms with Crippen LogP contribution < -0.4 is 10.1 Å². The van der Waals surface area contributed by atoms with Crippen LogP contribution in [-0.4, -0.2) is 11.0 Å². The summed E-state index contributed by atoms with van der Waals surface area (Å²) >= 11 is 3.60. The SMILES string of the molecule is Brc1cc(Oc2cccnc2)ccc1CNC1CC1. The van der Waals surface area contributed by atoms with E-state index < -0.39 is 0 Å². The predicted octanol–water partition coefficient (Wildman–Crippen LogP) is 3.89. The van der Waals surface area contributed by atoms with Crippen LogP contribution in [0.1, 0.15) is 18.4 Å². The molecule has 0 radical (unpaired) electrons. The van der Waals surface area contributed by atoms with E-state index >= 15 is 0 Å². The standard InChI is InChI=1S/C15H15BrN2O/c16-15-8-13(19-14-2-1-7-17-10-14)6-3-11(15)9-18-12-4-5-12/h1-3,6-8,10,12,18H,4-5,9H2. The molecule has 0 spiro atoms. The Morgan fingerprint density at radius 2 is 2.16 bits per heavy atom. The maximum absolute atomic E-state index is 5.74. The number of aromatic nitrogens is 1. The van der Waals surface area contributed by atoms with Gasteiger partial charge in [-0.3, -0.25) is 4.98 Å². The molecular weight excluding hydrogens is 304 g/mol. The van der Waals surface area contributed by atoms with Gasteiger partial charge in [0, 0.05) is 23.3 Å². The lowest BCUT2D eigenvalue weighted by atomic mass is 10.2. The van der Waals surface area contributed by atoms with E-state index in [2.05, 4.69) is 32.3 Å². The summed E-state index contributed by atoms with van der Waals surface area (Å²) in [5, 5.41) is 3.50. The number of ether oxygens (including phenoxy) is 1. The highest BCUT2D eigenvalue weighted by Gasteiger charge is 2.20. The van der Waals surface area contributed by atoms with Crippen molar-refractivity contribution in [2.24, 2.45) is 0 Å². The molecule has 1 aromatic carbocycles. The summed E-state index contributed by atoms with van der Waals surface area (Å²) in [6.07, 6.45) is 6.05. The van der Waals surface area contributed by atoms with Crippen molar-refractivity contribution in [1.82, 2.24) is 10.3 Å². The van der Waals surface area contributed by atoms with Crippen LogP contribution in [0.3, 0.4) is 0 Å². The lowest BCUT2D eigenvalue weighted by Crippen LogP contribution is -2.15. The molecule has 98 valence electrons. The van der Waals surface area contributed by atoms with Crippen molar-refractivity contribution in [3.05, 3.63) is 52.8 Å². The average molecular weight is 319 g/mol. The first-order valence-corrected chi connectivity index (χ1v) is 7.20. The minimum absolute atomic E-state index is 0.721. The number of nitrogens with zero attached hydrogens (tertiary/aromatic N) is 1. The Morgan fingerprint density at radius 3 is 2.84 bits per heavy atom. The van der Waals surface area contributed by atoms with Gasteiger partial charge in [-0.1, -0.05) is 22.0 Å². The fourth-order valence-corrected chi connectivity index (χ4v) is 2.32. The first kappa shape index (κ1) is 12.6. The van der Waals surface area contributed by atoms with Crippen LogP contribution in [0.4, 0.5) is 0 Å². The van der Waals surface area contributed by atoms with Crippen molar-refractivity contribution in [3.63, 3.8) is 0 Å². The van der Waals surface area contributed by atoms with Gasteiger partial charge in [-0.15, -0.1) is 0 Å². The van der Waals surface area contributed by atoms with Crippen LogP contribution in [0.2, 0.25) is 0 Å². The second-order valence-electron chi connectivity index (χ2n) is 4.70. The van der Waals surface area contributed by atoms with Crippen molar-refractivity contribution in [2.75, 3.05) is 0 Å². The number of pyridine rings is 1. The molecule has 1 aromatic heterocycles. The highest BCUT2D eigenvalue weighted by molar-refractivity contribution is 9.10. The van der Waals surface area contributed by atoms with Crippen LogP contribution in [-0.2, 0) is 6.54 Å². The van der Waals surface area contributed by atoms with E-state index in [9.17, 15) is 0 Å². The van der Waals surface area contributed by atoms with Gasteiger partial charge < -0.3 is 10.1 Å². The zero-order valence-corrected chi connectivity index (χ0v) is 12.1. The second-order valence-corrected chi connectivity index (χ2v) is 5.55. The highest BCUT2D eigenvalue weighted by atomic mass is 79.9. The predicted molar refractivity (Wildman–Crippen MR) is 78.3 cm³/mol. The zero-order chi connectivity index (χ0) is 13.1. The van der Waals surface area contributed by atoms with E-state index in [4.69, 9.17) is 4.74 Å². The van der Waals surface area contributed by atoms with Crippen LogP contribution in [0.25, 0.3) is 0 Å².